The van der Waals surface area contributed by atoms with Crippen molar-refractivity contribution in [3.8, 4) is 0 Å². The average molecular weight is 411 g/mol. The van der Waals surface area contributed by atoms with Crippen LogP contribution in [0.25, 0.3) is 0 Å². The lowest BCUT2D eigenvalue weighted by molar-refractivity contribution is -0.124. The second kappa shape index (κ2) is 8.98. The van der Waals surface area contributed by atoms with Gasteiger partial charge < -0.3 is 10.1 Å². The van der Waals surface area contributed by atoms with E-state index in [0.29, 0.717) is 5.02 Å². The van der Waals surface area contributed by atoms with Gasteiger partial charge in [0.25, 0.3) is 5.91 Å². The number of halogens is 1. The molecule has 0 saturated carbocycles. The number of nitrogens with one attached hydrogen (secondary N) is 2. The molecule has 9 heteroatoms. The molecular weight excluding hydrogens is 392 g/mol. The van der Waals surface area contributed by atoms with Crippen molar-refractivity contribution in [1.29, 1.82) is 0 Å². The number of benzene rings is 2. The van der Waals surface area contributed by atoms with Crippen molar-refractivity contribution < 1.29 is 22.7 Å². The van der Waals surface area contributed by atoms with Crippen molar-refractivity contribution in [2.24, 2.45) is 0 Å². The van der Waals surface area contributed by atoms with Crippen LogP contribution in [-0.2, 0) is 19.6 Å². The Morgan fingerprint density at radius 1 is 1.15 bits per heavy atom. The lowest BCUT2D eigenvalue weighted by Crippen LogP contribution is -2.31. The summed E-state index contributed by atoms with van der Waals surface area (Å²) in [5.74, 6) is -1.31. The first-order chi connectivity index (χ1) is 12.7. The molecule has 1 atom stereocenters. The van der Waals surface area contributed by atoms with Crippen LogP contribution >= 0.6 is 11.6 Å². The van der Waals surface area contributed by atoms with E-state index in [4.69, 9.17) is 16.3 Å². The van der Waals surface area contributed by atoms with Gasteiger partial charge in [-0.05, 0) is 43.8 Å². The molecule has 2 aromatic carbocycles. The molecule has 144 valence electrons. The summed E-state index contributed by atoms with van der Waals surface area (Å²) in [6.45, 7) is 1.25. The van der Waals surface area contributed by atoms with E-state index in [-0.39, 0.29) is 16.5 Å². The maximum Gasteiger partial charge on any atom is 0.338 e. The number of hydrogen-bond acceptors (Lipinski definition) is 5. The van der Waals surface area contributed by atoms with Gasteiger partial charge in [0, 0.05) is 5.02 Å². The maximum absolute atomic E-state index is 12.1. The van der Waals surface area contributed by atoms with Crippen LogP contribution in [0.5, 0.6) is 0 Å². The van der Waals surface area contributed by atoms with Gasteiger partial charge in [-0.15, -0.1) is 0 Å². The number of hydrogen-bond donors (Lipinski definition) is 2. The Balaban J connectivity index is 1.96. The Labute approximate surface area is 162 Å². The molecule has 2 rings (SSSR count). The van der Waals surface area contributed by atoms with Crippen molar-refractivity contribution in [2.45, 2.75) is 17.9 Å². The number of amides is 1. The quantitative estimate of drug-likeness (QED) is 0.682. The summed E-state index contributed by atoms with van der Waals surface area (Å²) in [7, 11) is -2.42. The lowest BCUT2D eigenvalue weighted by atomic mass is 10.1. The topological polar surface area (TPSA) is 102 Å². The Bertz CT molecular complexity index is 946. The van der Waals surface area contributed by atoms with Crippen LogP contribution in [0.3, 0.4) is 0 Å². The van der Waals surface area contributed by atoms with E-state index in [2.05, 4.69) is 10.0 Å². The smallest absolute Gasteiger partial charge is 0.338 e. The highest BCUT2D eigenvalue weighted by Crippen LogP contribution is 2.22. The third-order valence-electron chi connectivity index (χ3n) is 3.73. The standard InChI is InChI=1S/C18H19ClN2O5S/c1-12(15-8-3-4-9-16(15)19)21-17(22)11-26-18(23)13-6-5-7-14(10-13)27(24,25)20-2/h3-10,12,20H,11H2,1-2H3,(H,21,22)/t12-/m0/s1. The highest BCUT2D eigenvalue weighted by Gasteiger charge is 2.17. The van der Waals surface area contributed by atoms with E-state index in [1.165, 1.54) is 31.3 Å². The Morgan fingerprint density at radius 3 is 2.52 bits per heavy atom. The summed E-state index contributed by atoms with van der Waals surface area (Å²) in [5.41, 5.74) is 0.766. The molecule has 0 heterocycles. The van der Waals surface area contributed by atoms with Crippen molar-refractivity contribution in [2.75, 3.05) is 13.7 Å². The van der Waals surface area contributed by atoms with Crippen LogP contribution in [0.1, 0.15) is 28.9 Å². The zero-order valence-corrected chi connectivity index (χ0v) is 16.3. The molecule has 0 saturated heterocycles. The predicted octanol–water partition coefficient (Wildman–Crippen LogP) is 2.28. The van der Waals surface area contributed by atoms with Crippen LogP contribution in [0.15, 0.2) is 53.4 Å². The molecule has 0 aliphatic heterocycles. The van der Waals surface area contributed by atoms with Gasteiger partial charge >= 0.3 is 5.97 Å². The molecule has 0 unspecified atom stereocenters. The first-order valence-electron chi connectivity index (χ1n) is 7.99. The number of ether oxygens (including phenoxy) is 1. The number of carbonyl (C=O) groups excluding carboxylic acids is 2. The molecule has 0 radical (unpaired) electrons. The minimum Gasteiger partial charge on any atom is -0.452 e. The van der Waals surface area contributed by atoms with Crippen LogP contribution in [0.4, 0.5) is 0 Å². The summed E-state index contributed by atoms with van der Waals surface area (Å²) in [6, 6.07) is 12.1. The second-order valence-corrected chi connectivity index (χ2v) is 7.92. The molecular formula is C18H19ClN2O5S. The number of esters is 1. The maximum atomic E-state index is 12.1. The third-order valence-corrected chi connectivity index (χ3v) is 5.49. The SMILES string of the molecule is CNS(=O)(=O)c1cccc(C(=O)OCC(=O)N[C@@H](C)c2ccccc2Cl)c1. The van der Waals surface area contributed by atoms with Crippen LogP contribution < -0.4 is 10.0 Å². The molecule has 7 nitrogen and oxygen atoms in total. The normalized spacial score (nSPS) is 12.3. The third kappa shape index (κ3) is 5.53. The molecule has 2 aromatic rings. The summed E-state index contributed by atoms with van der Waals surface area (Å²) >= 11 is 6.08. The number of carbonyl (C=O) groups is 2. The van der Waals surface area contributed by atoms with E-state index in [1.807, 2.05) is 0 Å². The highest BCUT2D eigenvalue weighted by atomic mass is 35.5. The fourth-order valence-corrected chi connectivity index (χ4v) is 3.38. The average Bonchev–Trinajstić information content (AvgIpc) is 2.66. The molecule has 0 aliphatic carbocycles. The van der Waals surface area contributed by atoms with Gasteiger partial charge in [-0.2, -0.15) is 0 Å². The van der Waals surface area contributed by atoms with Gasteiger partial charge in [0.2, 0.25) is 10.0 Å². The van der Waals surface area contributed by atoms with E-state index < -0.39 is 28.5 Å². The Hall–Kier alpha value is -2.42. The molecule has 2 N–H and O–H groups in total. The molecule has 0 aliphatic rings. The monoisotopic (exact) mass is 410 g/mol. The van der Waals surface area contributed by atoms with E-state index >= 15 is 0 Å². The predicted molar refractivity (Wildman–Crippen MR) is 101 cm³/mol. The zero-order chi connectivity index (χ0) is 20.0. The van der Waals surface area contributed by atoms with Gasteiger partial charge in [0.15, 0.2) is 6.61 Å². The molecule has 0 bridgehead atoms. The fourth-order valence-electron chi connectivity index (χ4n) is 2.31. The van der Waals surface area contributed by atoms with Gasteiger partial charge in [-0.1, -0.05) is 35.9 Å². The Morgan fingerprint density at radius 2 is 1.85 bits per heavy atom. The first-order valence-corrected chi connectivity index (χ1v) is 9.85. The van der Waals surface area contributed by atoms with E-state index in [0.717, 1.165) is 5.56 Å². The van der Waals surface area contributed by atoms with E-state index in [1.54, 1.807) is 31.2 Å². The van der Waals surface area contributed by atoms with Crippen LogP contribution in [-0.4, -0.2) is 33.9 Å². The number of rotatable bonds is 7. The van der Waals surface area contributed by atoms with E-state index in [9.17, 15) is 18.0 Å². The van der Waals surface area contributed by atoms with Crippen molar-refractivity contribution in [1.82, 2.24) is 10.0 Å². The fraction of sp³-hybridized carbons (Fsp3) is 0.222. The molecule has 1 amide bonds. The first kappa shape index (κ1) is 20.9. The summed E-state index contributed by atoms with van der Waals surface area (Å²) in [6.07, 6.45) is 0. The van der Waals surface area contributed by atoms with Crippen molar-refractivity contribution >= 4 is 33.5 Å². The van der Waals surface area contributed by atoms with Gasteiger partial charge in [0.05, 0.1) is 16.5 Å². The largest absolute Gasteiger partial charge is 0.452 e. The molecule has 0 fully saturated rings. The second-order valence-electron chi connectivity index (χ2n) is 5.62. The summed E-state index contributed by atoms with van der Waals surface area (Å²) in [5, 5.41) is 3.20. The van der Waals surface area contributed by atoms with Gasteiger partial charge in [-0.25, -0.2) is 17.9 Å². The summed E-state index contributed by atoms with van der Waals surface area (Å²) in [4.78, 5) is 24.0. The minimum atomic E-state index is -3.69. The minimum absolute atomic E-state index is 0.0262. The van der Waals surface area contributed by atoms with Crippen LogP contribution in [0, 0.1) is 0 Å². The van der Waals surface area contributed by atoms with Crippen LogP contribution in [0.2, 0.25) is 5.02 Å². The van der Waals surface area contributed by atoms with Gasteiger partial charge in [-0.3, -0.25) is 4.79 Å². The van der Waals surface area contributed by atoms with Gasteiger partial charge in [0.1, 0.15) is 0 Å². The molecule has 0 aromatic heterocycles. The highest BCUT2D eigenvalue weighted by molar-refractivity contribution is 7.89. The Kier molecular flexibility index (Phi) is 6.95. The lowest BCUT2D eigenvalue weighted by Gasteiger charge is -2.15. The number of sulfonamides is 1. The molecule has 0 spiro atoms. The van der Waals surface area contributed by atoms with Crippen molar-refractivity contribution in [3.05, 3.63) is 64.7 Å². The zero-order valence-electron chi connectivity index (χ0n) is 14.7. The molecule has 27 heavy (non-hydrogen) atoms. The summed E-state index contributed by atoms with van der Waals surface area (Å²) < 4.78 is 30.7. The van der Waals surface area contributed by atoms with Crippen molar-refractivity contribution in [3.63, 3.8) is 0 Å².